The molecular weight excluding hydrogens is 169 g/mol. The van der Waals surface area contributed by atoms with Crippen molar-refractivity contribution in [2.75, 3.05) is 6.61 Å². The van der Waals surface area contributed by atoms with Crippen LogP contribution in [0.2, 0.25) is 0 Å². The van der Waals surface area contributed by atoms with E-state index in [1.165, 1.54) is 0 Å². The molecule has 1 nitrogen and oxygen atoms in total. The number of aliphatic hydroxyl groups excluding tert-OH is 1. The molecule has 0 aliphatic heterocycles. The lowest BCUT2D eigenvalue weighted by Crippen LogP contribution is -2.09. The summed E-state index contributed by atoms with van der Waals surface area (Å²) in [7, 11) is 0. The molecule has 0 saturated heterocycles. The molecule has 0 aromatic rings. The second kappa shape index (κ2) is 4.77. The highest BCUT2D eigenvalue weighted by molar-refractivity contribution is 5.27. The maximum atomic E-state index is 12.0. The van der Waals surface area contributed by atoms with Crippen molar-refractivity contribution < 1.29 is 18.3 Å². The van der Waals surface area contributed by atoms with E-state index in [0.29, 0.717) is 0 Å². The van der Waals surface area contributed by atoms with Gasteiger partial charge in [0.05, 0.1) is 12.2 Å². The van der Waals surface area contributed by atoms with E-state index in [1.54, 1.807) is 0 Å². The van der Waals surface area contributed by atoms with Crippen molar-refractivity contribution in [1.82, 2.24) is 0 Å². The minimum Gasteiger partial charge on any atom is -0.392 e. The Morgan fingerprint density at radius 1 is 1.42 bits per heavy atom. The predicted octanol–water partition coefficient (Wildman–Crippen LogP) is 2.21. The van der Waals surface area contributed by atoms with Gasteiger partial charge in [0.15, 0.2) is 0 Å². The third-order valence-electron chi connectivity index (χ3n) is 1.03. The highest BCUT2D eigenvalue weighted by Crippen LogP contribution is 2.26. The molecule has 1 N–H and O–H groups in total. The summed E-state index contributed by atoms with van der Waals surface area (Å²) in [6, 6.07) is 0. The van der Waals surface area contributed by atoms with E-state index >= 15 is 0 Å². The van der Waals surface area contributed by atoms with Crippen LogP contribution < -0.4 is 0 Å². The number of alkyl halides is 3. The van der Waals surface area contributed by atoms with Gasteiger partial charge in [-0.2, -0.15) is 13.2 Å². The van der Waals surface area contributed by atoms with E-state index in [-0.39, 0.29) is 0 Å². The molecule has 0 aliphatic carbocycles. The molecular formula is C8H9F3O. The van der Waals surface area contributed by atoms with Gasteiger partial charge in [0.2, 0.25) is 0 Å². The van der Waals surface area contributed by atoms with Crippen LogP contribution in [-0.4, -0.2) is 17.9 Å². The summed E-state index contributed by atoms with van der Waals surface area (Å²) < 4.78 is 35.9. The van der Waals surface area contributed by atoms with Crippen molar-refractivity contribution >= 4 is 0 Å². The maximum absolute atomic E-state index is 12.0. The Bertz CT molecular complexity index is 201. The van der Waals surface area contributed by atoms with E-state index in [0.717, 1.165) is 24.3 Å². The van der Waals surface area contributed by atoms with Gasteiger partial charge in [-0.25, -0.2) is 0 Å². The summed E-state index contributed by atoms with van der Waals surface area (Å²) in [4.78, 5) is 0. The Balaban J connectivity index is 4.57. The quantitative estimate of drug-likeness (QED) is 0.657. The van der Waals surface area contributed by atoms with Crippen molar-refractivity contribution in [2.45, 2.75) is 6.18 Å². The largest absolute Gasteiger partial charge is 0.416 e. The van der Waals surface area contributed by atoms with E-state index in [1.807, 2.05) is 0 Å². The third-order valence-corrected chi connectivity index (χ3v) is 1.03. The number of hydrogen-bond donors (Lipinski definition) is 1. The van der Waals surface area contributed by atoms with Crippen LogP contribution in [0.4, 0.5) is 13.2 Å². The highest BCUT2D eigenvalue weighted by Gasteiger charge is 2.30. The number of halogens is 3. The summed E-state index contributed by atoms with van der Waals surface area (Å²) in [5, 5.41) is 8.24. The minimum atomic E-state index is -4.39. The maximum Gasteiger partial charge on any atom is 0.416 e. The van der Waals surface area contributed by atoms with Gasteiger partial charge in [-0.3, -0.25) is 0 Å². The van der Waals surface area contributed by atoms with Crippen molar-refractivity contribution in [3.63, 3.8) is 0 Å². The van der Waals surface area contributed by atoms with E-state index in [4.69, 9.17) is 5.11 Å². The van der Waals surface area contributed by atoms with Crippen molar-refractivity contribution in [3.8, 4) is 0 Å². The van der Waals surface area contributed by atoms with Crippen molar-refractivity contribution in [2.24, 2.45) is 0 Å². The Kier molecular flexibility index (Phi) is 4.36. The van der Waals surface area contributed by atoms with Gasteiger partial charge in [0.1, 0.15) is 0 Å². The van der Waals surface area contributed by atoms with Crippen LogP contribution >= 0.6 is 0 Å². The molecule has 0 rings (SSSR count). The Hall–Kier alpha value is -1.03. The molecule has 0 unspecified atom stereocenters. The average molecular weight is 178 g/mol. The summed E-state index contributed by atoms with van der Waals surface area (Å²) in [5.74, 6) is 0. The first-order chi connectivity index (χ1) is 5.52. The van der Waals surface area contributed by atoms with Crippen LogP contribution in [0.3, 0.4) is 0 Å². The highest BCUT2D eigenvalue weighted by atomic mass is 19.4. The fourth-order valence-electron chi connectivity index (χ4n) is 0.551. The van der Waals surface area contributed by atoms with Gasteiger partial charge in [0.25, 0.3) is 0 Å². The molecule has 4 heteroatoms. The number of hydrogen-bond acceptors (Lipinski definition) is 1. The molecule has 0 amide bonds. The summed E-state index contributed by atoms with van der Waals surface area (Å²) in [6.45, 7) is 2.74. The van der Waals surface area contributed by atoms with Gasteiger partial charge >= 0.3 is 6.18 Å². The second-order valence-corrected chi connectivity index (χ2v) is 1.94. The molecule has 0 atom stereocenters. The molecule has 0 bridgehead atoms. The third kappa shape index (κ3) is 3.98. The first kappa shape index (κ1) is 11.0. The Morgan fingerprint density at radius 3 is 2.33 bits per heavy atom. The van der Waals surface area contributed by atoms with Crippen LogP contribution in [0.25, 0.3) is 0 Å². The molecule has 12 heavy (non-hydrogen) atoms. The van der Waals surface area contributed by atoms with Crippen LogP contribution in [0.5, 0.6) is 0 Å². The summed E-state index contributed by atoms with van der Waals surface area (Å²) in [6.07, 6.45) is -0.680. The SMILES string of the molecule is C=C/C=C(\C=C\CO)C(F)(F)F. The molecule has 0 saturated carbocycles. The van der Waals surface area contributed by atoms with Crippen molar-refractivity contribution in [1.29, 1.82) is 0 Å². The minimum absolute atomic E-state index is 0.412. The first-order valence-electron chi connectivity index (χ1n) is 3.19. The molecule has 0 heterocycles. The van der Waals surface area contributed by atoms with Gasteiger partial charge in [-0.05, 0) is 0 Å². The van der Waals surface area contributed by atoms with Crippen molar-refractivity contribution in [3.05, 3.63) is 36.5 Å². The van der Waals surface area contributed by atoms with Crippen LogP contribution in [0.15, 0.2) is 36.5 Å². The predicted molar refractivity (Wildman–Crippen MR) is 40.6 cm³/mol. The monoisotopic (exact) mass is 178 g/mol. The Morgan fingerprint density at radius 2 is 2.00 bits per heavy atom. The van der Waals surface area contributed by atoms with Gasteiger partial charge in [-0.1, -0.05) is 30.9 Å². The normalized spacial score (nSPS) is 13.8. The fraction of sp³-hybridized carbons (Fsp3) is 0.250. The lowest BCUT2D eigenvalue weighted by Gasteiger charge is -2.05. The summed E-state index contributed by atoms with van der Waals surface area (Å²) in [5.41, 5.74) is -0.827. The number of allylic oxidation sites excluding steroid dienone is 4. The fourth-order valence-corrected chi connectivity index (χ4v) is 0.551. The number of rotatable bonds is 3. The number of aliphatic hydroxyl groups is 1. The van der Waals surface area contributed by atoms with Crippen LogP contribution in [0.1, 0.15) is 0 Å². The van der Waals surface area contributed by atoms with Gasteiger partial charge < -0.3 is 5.11 Å². The smallest absolute Gasteiger partial charge is 0.392 e. The van der Waals surface area contributed by atoms with Gasteiger partial charge in [0, 0.05) is 0 Å². The molecule has 0 spiro atoms. The molecule has 0 aliphatic rings. The zero-order valence-corrected chi connectivity index (χ0v) is 6.30. The Labute approximate surface area is 68.5 Å². The van der Waals surface area contributed by atoms with Crippen LogP contribution in [-0.2, 0) is 0 Å². The zero-order chi connectivity index (χ0) is 9.61. The lowest BCUT2D eigenvalue weighted by atomic mass is 10.2. The molecule has 0 aromatic heterocycles. The zero-order valence-electron chi connectivity index (χ0n) is 6.30. The van der Waals surface area contributed by atoms with Crippen LogP contribution in [0, 0.1) is 0 Å². The molecule has 68 valence electrons. The molecule has 0 fully saturated rings. The molecule has 0 radical (unpaired) electrons. The molecule has 0 aromatic carbocycles. The topological polar surface area (TPSA) is 20.2 Å². The van der Waals surface area contributed by atoms with E-state index in [9.17, 15) is 13.2 Å². The second-order valence-electron chi connectivity index (χ2n) is 1.94. The standard InChI is InChI=1S/C8H9F3O/c1-2-4-7(5-3-6-12)8(9,10)11/h2-5,12H,1,6H2/b5-3+,7-4+. The summed E-state index contributed by atoms with van der Waals surface area (Å²) >= 11 is 0. The average Bonchev–Trinajstić information content (AvgIpc) is 1.95. The lowest BCUT2D eigenvalue weighted by molar-refractivity contribution is -0.0882. The van der Waals surface area contributed by atoms with E-state index in [2.05, 4.69) is 6.58 Å². The van der Waals surface area contributed by atoms with Gasteiger partial charge in [-0.15, -0.1) is 0 Å². The van der Waals surface area contributed by atoms with E-state index < -0.39 is 18.4 Å². The first-order valence-corrected chi connectivity index (χ1v) is 3.19.